The molecule has 0 saturated heterocycles. The first-order valence-electron chi connectivity index (χ1n) is 2.89. The smallest absolute Gasteiger partial charge is 0.362 e. The molecule has 0 aliphatic rings. The summed E-state index contributed by atoms with van der Waals surface area (Å²) in [5.74, 6) is -0.748. The minimum absolute atomic E-state index is 0. The van der Waals surface area contributed by atoms with Gasteiger partial charge in [-0.3, -0.25) is 0 Å². The number of carboxylic acids is 1. The van der Waals surface area contributed by atoms with Crippen molar-refractivity contribution in [1.29, 1.82) is 0 Å². The van der Waals surface area contributed by atoms with E-state index in [0.29, 0.717) is 4.48 Å². The topological polar surface area (TPSA) is 37.3 Å². The molecule has 0 aliphatic heterocycles. The Morgan fingerprint density at radius 3 is 1.70 bits per heavy atom. The molecular formula is C6H14ClNO2. The van der Waals surface area contributed by atoms with E-state index in [1.807, 2.05) is 21.1 Å². The highest BCUT2D eigenvalue weighted by Gasteiger charge is 2.24. The van der Waals surface area contributed by atoms with E-state index in [-0.39, 0.29) is 18.4 Å². The molecule has 0 heterocycles. The molecule has 0 saturated carbocycles. The van der Waals surface area contributed by atoms with Crippen LogP contribution in [0, 0.1) is 0 Å². The summed E-state index contributed by atoms with van der Waals surface area (Å²) in [6.07, 6.45) is 0. The van der Waals surface area contributed by atoms with Gasteiger partial charge in [0.2, 0.25) is 0 Å². The van der Waals surface area contributed by atoms with Crippen molar-refractivity contribution < 1.29 is 26.8 Å². The molecule has 62 valence electrons. The molecule has 0 aliphatic carbocycles. The van der Waals surface area contributed by atoms with Crippen molar-refractivity contribution in [3.05, 3.63) is 0 Å². The molecule has 0 aromatic rings. The molecule has 0 aromatic heterocycles. The molecule has 1 unspecified atom stereocenters. The third-order valence-corrected chi connectivity index (χ3v) is 1.52. The summed E-state index contributed by atoms with van der Waals surface area (Å²) in [6.45, 7) is 1.70. The molecule has 10 heavy (non-hydrogen) atoms. The van der Waals surface area contributed by atoms with Crippen molar-refractivity contribution in [3.8, 4) is 0 Å². The normalized spacial score (nSPS) is 13.6. The maximum atomic E-state index is 10.3. The van der Waals surface area contributed by atoms with Gasteiger partial charge in [-0.1, -0.05) is 0 Å². The second-order valence-corrected chi connectivity index (χ2v) is 3.13. The number of carboxylic acid groups (broad SMARTS) is 1. The molecule has 0 bridgehead atoms. The lowest BCUT2D eigenvalue weighted by Gasteiger charge is -2.28. The Labute approximate surface area is 67.6 Å². The maximum absolute atomic E-state index is 10.3. The van der Waals surface area contributed by atoms with E-state index in [0.717, 1.165) is 0 Å². The highest BCUT2D eigenvalue weighted by atomic mass is 35.5. The van der Waals surface area contributed by atoms with E-state index in [1.165, 1.54) is 0 Å². The Balaban J connectivity index is 0. The SMILES string of the molecule is CC(C(=O)O)[N+](C)(C)C.[Cl-]. The molecule has 0 rings (SSSR count). The van der Waals surface area contributed by atoms with Gasteiger partial charge >= 0.3 is 5.97 Å². The van der Waals surface area contributed by atoms with Crippen molar-refractivity contribution >= 4 is 5.97 Å². The average molecular weight is 168 g/mol. The highest BCUT2D eigenvalue weighted by Crippen LogP contribution is 2.00. The quantitative estimate of drug-likeness (QED) is 0.451. The molecular weight excluding hydrogens is 154 g/mol. The van der Waals surface area contributed by atoms with Crippen molar-refractivity contribution in [2.45, 2.75) is 13.0 Å². The molecule has 0 fully saturated rings. The number of hydrogen-bond acceptors (Lipinski definition) is 1. The first-order chi connectivity index (χ1) is 3.85. The van der Waals surface area contributed by atoms with Gasteiger partial charge in [0.05, 0.1) is 21.1 Å². The Hall–Kier alpha value is -0.280. The van der Waals surface area contributed by atoms with Crippen LogP contribution in [0.5, 0.6) is 0 Å². The molecule has 0 radical (unpaired) electrons. The first kappa shape index (κ1) is 12.4. The van der Waals surface area contributed by atoms with Crippen molar-refractivity contribution in [3.63, 3.8) is 0 Å². The summed E-state index contributed by atoms with van der Waals surface area (Å²) in [4.78, 5) is 10.3. The van der Waals surface area contributed by atoms with Crippen LogP contribution in [0.15, 0.2) is 0 Å². The van der Waals surface area contributed by atoms with Gasteiger partial charge in [-0.2, -0.15) is 0 Å². The van der Waals surface area contributed by atoms with E-state index in [4.69, 9.17) is 5.11 Å². The summed E-state index contributed by atoms with van der Waals surface area (Å²) in [6, 6.07) is -0.329. The van der Waals surface area contributed by atoms with Crippen LogP contribution in [0.1, 0.15) is 6.92 Å². The molecule has 0 amide bonds. The third-order valence-electron chi connectivity index (χ3n) is 1.52. The number of likely N-dealkylation sites (N-methyl/N-ethyl adjacent to an activating group) is 1. The molecule has 3 nitrogen and oxygen atoms in total. The average Bonchev–Trinajstić information content (AvgIpc) is 1.62. The Bertz CT molecular complexity index is 119. The summed E-state index contributed by atoms with van der Waals surface area (Å²) < 4.78 is 0.468. The summed E-state index contributed by atoms with van der Waals surface area (Å²) >= 11 is 0. The van der Waals surface area contributed by atoms with Gasteiger partial charge in [0.25, 0.3) is 0 Å². The van der Waals surface area contributed by atoms with Gasteiger partial charge in [-0.05, 0) is 6.92 Å². The number of aliphatic carboxylic acids is 1. The monoisotopic (exact) mass is 167 g/mol. The number of rotatable bonds is 2. The fourth-order valence-electron chi connectivity index (χ4n) is 0.331. The van der Waals surface area contributed by atoms with Gasteiger partial charge in [0.15, 0.2) is 6.04 Å². The number of carbonyl (C=O) groups is 1. The third kappa shape index (κ3) is 3.69. The number of hydrogen-bond donors (Lipinski definition) is 1. The minimum Gasteiger partial charge on any atom is -1.00 e. The lowest BCUT2D eigenvalue weighted by Crippen LogP contribution is -3.00. The number of quaternary nitrogens is 1. The standard InChI is InChI=1S/C6H13NO2.ClH/c1-5(6(8)9)7(2,3)4;/h5H,1-4H3;1H. The molecule has 1 N–H and O–H groups in total. The van der Waals surface area contributed by atoms with Crippen LogP contribution in [0.2, 0.25) is 0 Å². The van der Waals surface area contributed by atoms with Crippen LogP contribution in [0.3, 0.4) is 0 Å². The minimum atomic E-state index is -0.748. The summed E-state index contributed by atoms with van der Waals surface area (Å²) in [5.41, 5.74) is 0. The molecule has 0 aromatic carbocycles. The fourth-order valence-corrected chi connectivity index (χ4v) is 0.331. The lowest BCUT2D eigenvalue weighted by atomic mass is 10.3. The summed E-state index contributed by atoms with van der Waals surface area (Å²) in [7, 11) is 5.58. The fraction of sp³-hybridized carbons (Fsp3) is 0.833. The highest BCUT2D eigenvalue weighted by molar-refractivity contribution is 5.71. The van der Waals surface area contributed by atoms with Gasteiger partial charge in [-0.25, -0.2) is 4.79 Å². The van der Waals surface area contributed by atoms with Crippen molar-refractivity contribution in [2.24, 2.45) is 0 Å². The molecule has 1 atom stereocenters. The van der Waals surface area contributed by atoms with Crippen LogP contribution in [-0.2, 0) is 4.79 Å². The van der Waals surface area contributed by atoms with E-state index in [2.05, 4.69) is 0 Å². The van der Waals surface area contributed by atoms with Crippen LogP contribution in [-0.4, -0.2) is 42.7 Å². The molecule has 0 spiro atoms. The van der Waals surface area contributed by atoms with E-state index in [9.17, 15) is 4.79 Å². The van der Waals surface area contributed by atoms with Crippen LogP contribution >= 0.6 is 0 Å². The Morgan fingerprint density at radius 2 is 1.70 bits per heavy atom. The first-order valence-corrected chi connectivity index (χ1v) is 2.89. The zero-order valence-corrected chi connectivity index (χ0v) is 7.51. The number of halogens is 1. The molecule has 4 heteroatoms. The van der Waals surface area contributed by atoms with E-state index in [1.54, 1.807) is 6.92 Å². The van der Waals surface area contributed by atoms with Crippen LogP contribution in [0.25, 0.3) is 0 Å². The largest absolute Gasteiger partial charge is 1.00 e. The van der Waals surface area contributed by atoms with Crippen molar-refractivity contribution in [1.82, 2.24) is 0 Å². The van der Waals surface area contributed by atoms with Gasteiger partial charge in [0.1, 0.15) is 0 Å². The van der Waals surface area contributed by atoms with Crippen molar-refractivity contribution in [2.75, 3.05) is 21.1 Å². The van der Waals surface area contributed by atoms with Gasteiger partial charge in [0, 0.05) is 0 Å². The van der Waals surface area contributed by atoms with Gasteiger partial charge < -0.3 is 22.0 Å². The Kier molecular flexibility index (Phi) is 4.69. The zero-order valence-electron chi connectivity index (χ0n) is 6.76. The predicted molar refractivity (Wildman–Crippen MR) is 35.1 cm³/mol. The van der Waals surface area contributed by atoms with Gasteiger partial charge in [-0.15, -0.1) is 0 Å². The lowest BCUT2D eigenvalue weighted by molar-refractivity contribution is -0.885. The van der Waals surface area contributed by atoms with E-state index < -0.39 is 5.97 Å². The second-order valence-electron chi connectivity index (χ2n) is 3.13. The maximum Gasteiger partial charge on any atom is 0.362 e. The zero-order chi connectivity index (χ0) is 7.65. The Morgan fingerprint density at radius 1 is 1.40 bits per heavy atom. The summed E-state index contributed by atoms with van der Waals surface area (Å²) in [5, 5.41) is 8.50. The van der Waals surface area contributed by atoms with Crippen LogP contribution in [0.4, 0.5) is 0 Å². The predicted octanol–water partition coefficient (Wildman–Crippen LogP) is -2.83. The van der Waals surface area contributed by atoms with E-state index >= 15 is 0 Å². The van der Waals surface area contributed by atoms with Crippen LogP contribution < -0.4 is 12.4 Å². The number of nitrogens with zero attached hydrogens (tertiary/aromatic N) is 1. The second kappa shape index (κ2) is 3.78.